The highest BCUT2D eigenvalue weighted by Gasteiger charge is 2.34. The molecule has 204 valence electrons. The smallest absolute Gasteiger partial charge is 0.309 e. The normalized spacial score (nSPS) is 17.3. The van der Waals surface area contributed by atoms with Crippen molar-refractivity contribution in [3.8, 4) is 6.07 Å². The van der Waals surface area contributed by atoms with Crippen LogP contribution in [0.5, 0.6) is 0 Å². The number of rotatable bonds is 10. The Hall–Kier alpha value is -3.17. The molecule has 1 aromatic heterocycles. The Labute approximate surface area is 231 Å². The van der Waals surface area contributed by atoms with Crippen LogP contribution in [-0.2, 0) is 25.7 Å². The fourth-order valence-corrected chi connectivity index (χ4v) is 6.01. The van der Waals surface area contributed by atoms with Crippen molar-refractivity contribution in [3.63, 3.8) is 0 Å². The first-order valence-electron chi connectivity index (χ1n) is 12.7. The van der Waals surface area contributed by atoms with E-state index in [9.17, 15) is 24.4 Å². The van der Waals surface area contributed by atoms with Crippen molar-refractivity contribution < 1.29 is 24.2 Å². The molecule has 3 rings (SSSR count). The van der Waals surface area contributed by atoms with Crippen LogP contribution in [0, 0.1) is 24.2 Å². The van der Waals surface area contributed by atoms with Crippen molar-refractivity contribution in [3.05, 3.63) is 31.9 Å². The molecule has 0 aliphatic carbocycles. The summed E-state index contributed by atoms with van der Waals surface area (Å²) >= 11 is 6.51. The van der Waals surface area contributed by atoms with Gasteiger partial charge < -0.3 is 14.7 Å². The number of carbonyl (C=O) groups is 3. The molecular formula is C26H32N4O6S2. The molecule has 3 heterocycles. The van der Waals surface area contributed by atoms with Crippen LogP contribution in [0.25, 0.3) is 6.08 Å². The van der Waals surface area contributed by atoms with Gasteiger partial charge >= 0.3 is 11.9 Å². The standard InChI is InChI=1S/C26H32N4O6S2/c1-4-10-29-22(28-12-8-17(9-13-28)25(35)36-5-2)18(16(3)19(15-27)23(29)33)14-20-24(34)30(26(37)38-20)11-6-7-21(31)32/h14,17H,4-13H2,1-3H3,(H,31,32)/b20-14+. The lowest BCUT2D eigenvalue weighted by molar-refractivity contribution is -0.148. The molecule has 2 fully saturated rings. The van der Waals surface area contributed by atoms with Gasteiger partial charge in [0.1, 0.15) is 21.8 Å². The van der Waals surface area contributed by atoms with Gasteiger partial charge in [-0.05, 0) is 51.2 Å². The quantitative estimate of drug-likeness (QED) is 0.258. The molecule has 0 atom stereocenters. The third-order valence-corrected chi connectivity index (χ3v) is 8.01. The van der Waals surface area contributed by atoms with Crippen LogP contribution in [0.1, 0.15) is 62.6 Å². The van der Waals surface area contributed by atoms with E-state index in [0.29, 0.717) is 71.7 Å². The SMILES string of the molecule is CCCn1c(N2CCC(C(=O)OCC)CC2)c(/C=C2/SC(=S)N(CCCC(=O)O)C2=O)c(C)c(C#N)c1=O. The Morgan fingerprint density at radius 1 is 1.24 bits per heavy atom. The van der Waals surface area contributed by atoms with Gasteiger partial charge in [0, 0.05) is 38.2 Å². The summed E-state index contributed by atoms with van der Waals surface area (Å²) in [7, 11) is 0. The maximum Gasteiger partial charge on any atom is 0.309 e. The first-order chi connectivity index (χ1) is 18.1. The number of thiocarbonyl (C=S) groups is 1. The second kappa shape index (κ2) is 13.1. The number of aliphatic carboxylic acids is 1. The van der Waals surface area contributed by atoms with Crippen molar-refractivity contribution in [2.24, 2.45) is 5.92 Å². The van der Waals surface area contributed by atoms with Crippen LogP contribution < -0.4 is 10.5 Å². The van der Waals surface area contributed by atoms with E-state index >= 15 is 0 Å². The Morgan fingerprint density at radius 3 is 2.50 bits per heavy atom. The van der Waals surface area contributed by atoms with Crippen LogP contribution in [0.2, 0.25) is 0 Å². The van der Waals surface area contributed by atoms with Gasteiger partial charge in [-0.1, -0.05) is 30.9 Å². The van der Waals surface area contributed by atoms with Crippen LogP contribution in [0.4, 0.5) is 5.82 Å². The number of amides is 1. The van der Waals surface area contributed by atoms with Crippen molar-refractivity contribution in [1.29, 1.82) is 5.26 Å². The number of thioether (sulfide) groups is 1. The van der Waals surface area contributed by atoms with Gasteiger partial charge in [0.2, 0.25) is 0 Å². The predicted molar refractivity (Wildman–Crippen MR) is 149 cm³/mol. The number of carbonyl (C=O) groups excluding carboxylic acids is 2. The molecule has 0 spiro atoms. The summed E-state index contributed by atoms with van der Waals surface area (Å²) < 4.78 is 7.12. The number of esters is 1. The summed E-state index contributed by atoms with van der Waals surface area (Å²) in [5.74, 6) is -1.10. The molecule has 0 saturated carbocycles. The number of carboxylic acid groups (broad SMARTS) is 1. The summed E-state index contributed by atoms with van der Waals surface area (Å²) in [4.78, 5) is 53.5. The number of ether oxygens (including phenoxy) is 1. The zero-order valence-corrected chi connectivity index (χ0v) is 23.5. The van der Waals surface area contributed by atoms with Crippen molar-refractivity contribution in [2.45, 2.75) is 59.4 Å². The highest BCUT2D eigenvalue weighted by atomic mass is 32.2. The number of pyridine rings is 1. The molecule has 0 bridgehead atoms. The molecule has 0 unspecified atom stereocenters. The van der Waals surface area contributed by atoms with E-state index in [1.807, 2.05) is 17.9 Å². The molecular weight excluding hydrogens is 528 g/mol. The summed E-state index contributed by atoms with van der Waals surface area (Å²) in [5.41, 5.74) is 0.707. The van der Waals surface area contributed by atoms with Crippen molar-refractivity contribution >= 4 is 58.0 Å². The molecule has 1 aromatic rings. The van der Waals surface area contributed by atoms with Gasteiger partial charge in [-0.2, -0.15) is 5.26 Å². The Bertz CT molecular complexity index is 1260. The number of hydrogen-bond acceptors (Lipinski definition) is 9. The van der Waals surface area contributed by atoms with Crippen molar-refractivity contribution in [1.82, 2.24) is 9.47 Å². The zero-order valence-electron chi connectivity index (χ0n) is 21.8. The van der Waals surface area contributed by atoms with Gasteiger partial charge in [-0.3, -0.25) is 28.6 Å². The number of piperidine rings is 1. The lowest BCUT2D eigenvalue weighted by Crippen LogP contribution is -2.41. The van der Waals surface area contributed by atoms with E-state index in [-0.39, 0.29) is 48.3 Å². The number of anilines is 1. The van der Waals surface area contributed by atoms with E-state index in [1.165, 1.54) is 4.90 Å². The molecule has 2 aliphatic heterocycles. The van der Waals surface area contributed by atoms with Crippen LogP contribution in [0.3, 0.4) is 0 Å². The molecule has 0 radical (unpaired) electrons. The molecule has 2 aliphatic rings. The van der Waals surface area contributed by atoms with Crippen molar-refractivity contribution in [2.75, 3.05) is 31.1 Å². The fraction of sp³-hybridized carbons (Fsp3) is 0.538. The molecule has 0 aromatic carbocycles. The second-order valence-electron chi connectivity index (χ2n) is 9.15. The third-order valence-electron chi connectivity index (χ3n) is 6.63. The Balaban J connectivity index is 2.05. The van der Waals surface area contributed by atoms with Gasteiger partial charge in [-0.25, -0.2) is 0 Å². The average molecular weight is 561 g/mol. The maximum atomic E-state index is 13.3. The van der Waals surface area contributed by atoms with E-state index in [4.69, 9.17) is 22.1 Å². The van der Waals surface area contributed by atoms with Gasteiger partial charge in [0.25, 0.3) is 11.5 Å². The lowest BCUT2D eigenvalue weighted by Gasteiger charge is -2.35. The van der Waals surface area contributed by atoms with E-state index in [0.717, 1.165) is 11.8 Å². The number of nitriles is 1. The summed E-state index contributed by atoms with van der Waals surface area (Å²) in [6.07, 6.45) is 3.66. The third kappa shape index (κ3) is 6.27. The van der Waals surface area contributed by atoms with E-state index in [2.05, 4.69) is 0 Å². The van der Waals surface area contributed by atoms with Gasteiger partial charge in [-0.15, -0.1) is 0 Å². The minimum atomic E-state index is -0.944. The predicted octanol–water partition coefficient (Wildman–Crippen LogP) is 3.28. The number of aromatic nitrogens is 1. The number of hydrogen-bond donors (Lipinski definition) is 1. The Morgan fingerprint density at radius 2 is 1.92 bits per heavy atom. The van der Waals surface area contributed by atoms with E-state index < -0.39 is 5.97 Å². The van der Waals surface area contributed by atoms with Crippen LogP contribution in [0.15, 0.2) is 9.70 Å². The second-order valence-corrected chi connectivity index (χ2v) is 10.8. The summed E-state index contributed by atoms with van der Waals surface area (Å²) in [6.45, 7) is 7.34. The molecule has 2 saturated heterocycles. The number of nitrogens with zero attached hydrogens (tertiary/aromatic N) is 4. The fourth-order valence-electron chi connectivity index (χ4n) is 4.72. The first kappa shape index (κ1) is 29.4. The molecule has 10 nitrogen and oxygen atoms in total. The largest absolute Gasteiger partial charge is 0.481 e. The summed E-state index contributed by atoms with van der Waals surface area (Å²) in [6, 6.07) is 2.04. The summed E-state index contributed by atoms with van der Waals surface area (Å²) in [5, 5.41) is 18.7. The minimum absolute atomic E-state index is 0.0202. The lowest BCUT2D eigenvalue weighted by atomic mass is 9.95. The highest BCUT2D eigenvalue weighted by Crippen LogP contribution is 2.37. The maximum absolute atomic E-state index is 13.3. The molecule has 12 heteroatoms. The average Bonchev–Trinajstić information content (AvgIpc) is 3.15. The van der Waals surface area contributed by atoms with Crippen LogP contribution >= 0.6 is 24.0 Å². The molecule has 1 amide bonds. The Kier molecular flexibility index (Phi) is 10.1. The van der Waals surface area contributed by atoms with Gasteiger partial charge in [0.05, 0.1) is 17.4 Å². The van der Waals surface area contributed by atoms with Gasteiger partial charge in [0.15, 0.2) is 0 Å². The molecule has 38 heavy (non-hydrogen) atoms. The highest BCUT2D eigenvalue weighted by molar-refractivity contribution is 8.26. The first-order valence-corrected chi connectivity index (χ1v) is 13.9. The van der Waals surface area contributed by atoms with Crippen LogP contribution in [-0.4, -0.2) is 63.0 Å². The van der Waals surface area contributed by atoms with E-state index in [1.54, 1.807) is 24.5 Å². The zero-order chi connectivity index (χ0) is 28.0. The molecule has 1 N–H and O–H groups in total. The minimum Gasteiger partial charge on any atom is -0.481 e. The monoisotopic (exact) mass is 560 g/mol. The number of carboxylic acids is 1. The topological polar surface area (TPSA) is 133 Å².